The molecule has 5 heteroatoms. The minimum Gasteiger partial charge on any atom is -0.491 e. The second kappa shape index (κ2) is 8.82. The Balaban J connectivity index is 3.06. The molecule has 0 fully saturated rings. The summed E-state index contributed by atoms with van der Waals surface area (Å²) >= 11 is 6.21. The first-order valence-corrected chi connectivity index (χ1v) is 8.20. The number of benzene rings is 1. The molecule has 0 bridgehead atoms. The number of halogens is 1. The van der Waals surface area contributed by atoms with E-state index < -0.39 is 0 Å². The molecule has 0 atom stereocenters. The van der Waals surface area contributed by atoms with Crippen LogP contribution in [-0.2, 0) is 4.79 Å². The monoisotopic (exact) mass is 339 g/mol. The minimum absolute atomic E-state index is 0.0279. The second-order valence-corrected chi connectivity index (χ2v) is 6.14. The van der Waals surface area contributed by atoms with Crippen molar-refractivity contribution in [1.82, 2.24) is 4.90 Å². The fraction of sp³-hybridized carbons (Fsp3) is 0.500. The van der Waals surface area contributed by atoms with Crippen molar-refractivity contribution in [2.24, 2.45) is 0 Å². The van der Waals surface area contributed by atoms with Crippen LogP contribution in [0.15, 0.2) is 18.2 Å². The Morgan fingerprint density at radius 3 is 2.35 bits per heavy atom. The Bertz CT molecular complexity index is 560. The predicted molar refractivity (Wildman–Crippen MR) is 95.3 cm³/mol. The lowest BCUT2D eigenvalue weighted by atomic mass is 10.1. The van der Waals surface area contributed by atoms with E-state index in [0.717, 1.165) is 5.56 Å². The van der Waals surface area contributed by atoms with Gasteiger partial charge in [0.05, 0.1) is 18.7 Å². The van der Waals surface area contributed by atoms with Crippen LogP contribution in [-0.4, -0.2) is 36.6 Å². The molecule has 1 rings (SSSR count). The quantitative estimate of drug-likeness (QED) is 0.691. The zero-order valence-electron chi connectivity index (χ0n) is 14.7. The maximum atomic E-state index is 12.4. The summed E-state index contributed by atoms with van der Waals surface area (Å²) in [6, 6.07) is 3.85. The highest BCUT2D eigenvalue weighted by atomic mass is 35.5. The van der Waals surface area contributed by atoms with Crippen LogP contribution in [0.1, 0.15) is 40.2 Å². The highest BCUT2D eigenvalue weighted by molar-refractivity contribution is 6.32. The van der Waals surface area contributed by atoms with Gasteiger partial charge in [-0.05, 0) is 58.4 Å². The SMILES string of the molecule is CCOc1cc(/C=C/C(=O)N(C(C)C)C(C)C)cc(Cl)c1OC. The molecule has 0 heterocycles. The summed E-state index contributed by atoms with van der Waals surface area (Å²) in [4.78, 5) is 14.2. The van der Waals surface area contributed by atoms with Gasteiger partial charge in [-0.2, -0.15) is 0 Å². The van der Waals surface area contributed by atoms with Crippen molar-refractivity contribution < 1.29 is 14.3 Å². The summed E-state index contributed by atoms with van der Waals surface area (Å²) < 4.78 is 10.8. The molecular formula is C18H26ClNO3. The van der Waals surface area contributed by atoms with Gasteiger partial charge in [0, 0.05) is 18.2 Å². The number of rotatable bonds is 7. The molecule has 4 nitrogen and oxygen atoms in total. The molecule has 0 aliphatic carbocycles. The maximum absolute atomic E-state index is 12.4. The van der Waals surface area contributed by atoms with E-state index in [9.17, 15) is 4.79 Å². The Labute approximate surface area is 144 Å². The average Bonchev–Trinajstić information content (AvgIpc) is 2.44. The number of nitrogens with zero attached hydrogens (tertiary/aromatic N) is 1. The molecule has 0 aliphatic rings. The van der Waals surface area contributed by atoms with Crippen LogP contribution in [0.2, 0.25) is 5.02 Å². The zero-order chi connectivity index (χ0) is 17.6. The van der Waals surface area contributed by atoms with E-state index in [2.05, 4.69) is 0 Å². The van der Waals surface area contributed by atoms with Crippen LogP contribution in [0.4, 0.5) is 0 Å². The van der Waals surface area contributed by atoms with Gasteiger partial charge in [0.2, 0.25) is 5.91 Å². The lowest BCUT2D eigenvalue weighted by Crippen LogP contribution is -2.41. The summed E-state index contributed by atoms with van der Waals surface area (Å²) in [5.41, 5.74) is 0.792. The van der Waals surface area contributed by atoms with Crippen LogP contribution < -0.4 is 9.47 Å². The van der Waals surface area contributed by atoms with Gasteiger partial charge in [-0.15, -0.1) is 0 Å². The molecule has 0 saturated heterocycles. The highest BCUT2D eigenvalue weighted by Gasteiger charge is 2.17. The fourth-order valence-corrected chi connectivity index (χ4v) is 2.80. The van der Waals surface area contributed by atoms with Crippen molar-refractivity contribution >= 4 is 23.6 Å². The number of ether oxygens (including phenoxy) is 2. The van der Waals surface area contributed by atoms with Crippen LogP contribution in [0.25, 0.3) is 6.08 Å². The van der Waals surface area contributed by atoms with Gasteiger partial charge in [-0.25, -0.2) is 0 Å². The van der Waals surface area contributed by atoms with Gasteiger partial charge in [0.15, 0.2) is 11.5 Å². The Kier molecular flexibility index (Phi) is 7.43. The van der Waals surface area contributed by atoms with Gasteiger partial charge < -0.3 is 14.4 Å². The van der Waals surface area contributed by atoms with Crippen LogP contribution in [0.3, 0.4) is 0 Å². The molecule has 0 N–H and O–H groups in total. The first-order valence-electron chi connectivity index (χ1n) is 7.82. The third-order valence-corrected chi connectivity index (χ3v) is 3.60. The predicted octanol–water partition coefficient (Wildman–Crippen LogP) is 4.41. The lowest BCUT2D eigenvalue weighted by Gasteiger charge is -2.29. The lowest BCUT2D eigenvalue weighted by molar-refractivity contribution is -0.129. The molecule has 128 valence electrons. The van der Waals surface area contributed by atoms with E-state index >= 15 is 0 Å². The molecule has 0 unspecified atom stereocenters. The molecule has 0 saturated carbocycles. The average molecular weight is 340 g/mol. The van der Waals surface area contributed by atoms with Crippen molar-refractivity contribution in [3.8, 4) is 11.5 Å². The normalized spacial score (nSPS) is 11.3. The van der Waals surface area contributed by atoms with Gasteiger partial charge >= 0.3 is 0 Å². The van der Waals surface area contributed by atoms with Crippen LogP contribution in [0.5, 0.6) is 11.5 Å². The van der Waals surface area contributed by atoms with E-state index in [1.165, 1.54) is 0 Å². The van der Waals surface area contributed by atoms with Crippen LogP contribution in [0, 0.1) is 0 Å². The van der Waals surface area contributed by atoms with Crippen molar-refractivity contribution in [3.63, 3.8) is 0 Å². The molecule has 1 aromatic rings. The summed E-state index contributed by atoms with van der Waals surface area (Å²) in [5.74, 6) is 1.04. The molecule has 0 spiro atoms. The number of carbonyl (C=O) groups excluding carboxylic acids is 1. The van der Waals surface area contributed by atoms with Crippen molar-refractivity contribution in [2.45, 2.75) is 46.7 Å². The first kappa shape index (κ1) is 19.4. The van der Waals surface area contributed by atoms with Crippen molar-refractivity contribution in [3.05, 3.63) is 28.8 Å². The van der Waals surface area contributed by atoms with Crippen molar-refractivity contribution in [1.29, 1.82) is 0 Å². The maximum Gasteiger partial charge on any atom is 0.247 e. The molecule has 0 radical (unpaired) electrons. The molecule has 23 heavy (non-hydrogen) atoms. The van der Waals surface area contributed by atoms with Gasteiger partial charge in [-0.1, -0.05) is 11.6 Å². The fourth-order valence-electron chi connectivity index (χ4n) is 2.50. The minimum atomic E-state index is -0.0279. The Morgan fingerprint density at radius 1 is 1.26 bits per heavy atom. The van der Waals surface area contributed by atoms with E-state index in [0.29, 0.717) is 23.1 Å². The molecule has 1 amide bonds. The van der Waals surface area contributed by atoms with E-state index in [1.54, 1.807) is 25.3 Å². The van der Waals surface area contributed by atoms with Gasteiger partial charge in [0.1, 0.15) is 0 Å². The standard InChI is InChI=1S/C18H26ClNO3/c1-7-23-16-11-14(10-15(19)18(16)22-6)8-9-17(21)20(12(2)3)13(4)5/h8-13H,7H2,1-6H3/b9-8+. The molecule has 1 aromatic carbocycles. The first-order chi connectivity index (χ1) is 10.8. The van der Waals surface area contributed by atoms with E-state index in [4.69, 9.17) is 21.1 Å². The topological polar surface area (TPSA) is 38.8 Å². The molecule has 0 aliphatic heterocycles. The smallest absolute Gasteiger partial charge is 0.247 e. The second-order valence-electron chi connectivity index (χ2n) is 5.73. The van der Waals surface area contributed by atoms with Crippen LogP contribution >= 0.6 is 11.6 Å². The third-order valence-electron chi connectivity index (χ3n) is 3.32. The summed E-state index contributed by atoms with van der Waals surface area (Å²) in [5, 5.41) is 0.454. The number of hydrogen-bond donors (Lipinski definition) is 0. The highest BCUT2D eigenvalue weighted by Crippen LogP contribution is 2.36. The van der Waals surface area contributed by atoms with E-state index in [1.807, 2.05) is 45.6 Å². The Hall–Kier alpha value is -1.68. The number of methoxy groups -OCH3 is 1. The van der Waals surface area contributed by atoms with Gasteiger partial charge in [-0.3, -0.25) is 4.79 Å². The molecule has 0 aromatic heterocycles. The van der Waals surface area contributed by atoms with Crippen molar-refractivity contribution in [2.75, 3.05) is 13.7 Å². The summed E-state index contributed by atoms with van der Waals surface area (Å²) in [6.45, 7) is 10.4. The summed E-state index contributed by atoms with van der Waals surface area (Å²) in [7, 11) is 1.55. The zero-order valence-corrected chi connectivity index (χ0v) is 15.5. The van der Waals surface area contributed by atoms with Gasteiger partial charge in [0.25, 0.3) is 0 Å². The number of carbonyl (C=O) groups is 1. The number of hydrogen-bond acceptors (Lipinski definition) is 3. The third kappa shape index (κ3) is 5.17. The largest absolute Gasteiger partial charge is 0.491 e. The number of amides is 1. The Morgan fingerprint density at radius 2 is 1.87 bits per heavy atom. The molecular weight excluding hydrogens is 314 g/mol. The summed E-state index contributed by atoms with van der Waals surface area (Å²) in [6.07, 6.45) is 3.31. The van der Waals surface area contributed by atoms with E-state index in [-0.39, 0.29) is 18.0 Å².